The van der Waals surface area contributed by atoms with E-state index in [-0.39, 0.29) is 31.5 Å². The fourth-order valence-corrected chi connectivity index (χ4v) is 7.99. The van der Waals surface area contributed by atoms with Gasteiger partial charge in [0.1, 0.15) is 23.4 Å². The predicted molar refractivity (Wildman–Crippen MR) is 196 cm³/mol. The normalized spacial score (nSPS) is 12.2. The van der Waals surface area contributed by atoms with Gasteiger partial charge in [0.25, 0.3) is 0 Å². The second-order valence-electron chi connectivity index (χ2n) is 12.2. The molecule has 6 aromatic rings. The number of sulfone groups is 2. The van der Waals surface area contributed by atoms with Crippen molar-refractivity contribution in [2.75, 3.05) is 0 Å². The number of ketones is 1. The third kappa shape index (κ3) is 7.95. The summed E-state index contributed by atoms with van der Waals surface area (Å²) in [5.74, 6) is 1.37. The minimum Gasteiger partial charge on any atom is -0.486 e. The van der Waals surface area contributed by atoms with Crippen molar-refractivity contribution in [3.63, 3.8) is 0 Å². The van der Waals surface area contributed by atoms with E-state index in [0.717, 1.165) is 16.7 Å². The number of hydrogen-bond acceptors (Lipinski definition) is 7. The van der Waals surface area contributed by atoms with Gasteiger partial charge in [-0.2, -0.15) is 0 Å². The maximum atomic E-state index is 13.2. The summed E-state index contributed by atoms with van der Waals surface area (Å²) in [6.07, 6.45) is 0.333. The molecule has 0 saturated carbocycles. The summed E-state index contributed by atoms with van der Waals surface area (Å²) >= 11 is 0. The highest BCUT2D eigenvalue weighted by atomic mass is 32.2. The molecular formula is C42H36O7S2. The van der Waals surface area contributed by atoms with E-state index < -0.39 is 19.7 Å². The molecule has 0 bridgehead atoms. The SMILES string of the molecule is CCC(Oc1ccc(C(=O)c2ccc(Oc3ccc(S(=O)(=O)c4ccc(C)cc4)cc3)cc2)cc1)c1ccc(S(=O)(=O)c2ccc(C)cc2)cc1. The minimum absolute atomic E-state index is 0.169. The Balaban J connectivity index is 1.07. The van der Waals surface area contributed by atoms with Crippen molar-refractivity contribution >= 4 is 25.5 Å². The van der Waals surface area contributed by atoms with Crippen molar-refractivity contribution in [2.45, 2.75) is 52.9 Å². The van der Waals surface area contributed by atoms with Crippen LogP contribution in [0.1, 0.15) is 52.1 Å². The fraction of sp³-hybridized carbons (Fsp3) is 0.119. The standard InChI is InChI=1S/C42H36O7S2/c1-4-41(31-13-25-39(26-14-31)50(44,45)37-21-5-29(2)6-22-37)49-36-17-11-33(12-18-36)42(43)32-9-15-34(16-10-32)48-35-19-27-40(28-20-35)51(46,47)38-23-7-30(3)8-24-38/h5-28,41H,4H2,1-3H3. The molecule has 6 rings (SSSR count). The van der Waals surface area contributed by atoms with Gasteiger partial charge in [-0.1, -0.05) is 54.4 Å². The van der Waals surface area contributed by atoms with Gasteiger partial charge in [-0.25, -0.2) is 16.8 Å². The molecular weight excluding hydrogens is 681 g/mol. The maximum Gasteiger partial charge on any atom is 0.206 e. The monoisotopic (exact) mass is 716 g/mol. The first-order chi connectivity index (χ1) is 24.4. The molecule has 258 valence electrons. The van der Waals surface area contributed by atoms with Gasteiger partial charge >= 0.3 is 0 Å². The summed E-state index contributed by atoms with van der Waals surface area (Å²) in [6.45, 7) is 5.79. The minimum atomic E-state index is -3.64. The highest BCUT2D eigenvalue weighted by Gasteiger charge is 2.20. The van der Waals surface area contributed by atoms with Crippen molar-refractivity contribution < 1.29 is 31.1 Å². The van der Waals surface area contributed by atoms with Crippen LogP contribution in [0, 0.1) is 13.8 Å². The topological polar surface area (TPSA) is 104 Å². The van der Waals surface area contributed by atoms with Crippen LogP contribution in [0.5, 0.6) is 17.2 Å². The molecule has 7 nitrogen and oxygen atoms in total. The van der Waals surface area contributed by atoms with Crippen LogP contribution in [0.4, 0.5) is 0 Å². The molecule has 0 heterocycles. The average Bonchev–Trinajstić information content (AvgIpc) is 3.15. The van der Waals surface area contributed by atoms with Crippen molar-refractivity contribution in [2.24, 2.45) is 0 Å². The third-order valence-electron chi connectivity index (χ3n) is 8.48. The number of benzene rings is 6. The maximum absolute atomic E-state index is 13.2. The van der Waals surface area contributed by atoms with Crippen LogP contribution < -0.4 is 9.47 Å². The number of hydrogen-bond donors (Lipinski definition) is 0. The summed E-state index contributed by atoms with van der Waals surface area (Å²) in [5, 5.41) is 0. The molecule has 51 heavy (non-hydrogen) atoms. The summed E-state index contributed by atoms with van der Waals surface area (Å²) in [6, 6.07) is 40.1. The molecule has 0 aliphatic carbocycles. The van der Waals surface area contributed by atoms with Gasteiger partial charge < -0.3 is 9.47 Å². The predicted octanol–water partition coefficient (Wildman–Crippen LogP) is 9.52. The molecule has 6 aromatic carbocycles. The van der Waals surface area contributed by atoms with Gasteiger partial charge in [-0.15, -0.1) is 0 Å². The van der Waals surface area contributed by atoms with E-state index in [2.05, 4.69) is 0 Å². The zero-order valence-electron chi connectivity index (χ0n) is 28.3. The van der Waals surface area contributed by atoms with Crippen LogP contribution in [-0.4, -0.2) is 22.6 Å². The molecule has 0 aliphatic rings. The van der Waals surface area contributed by atoms with Crippen LogP contribution >= 0.6 is 0 Å². The van der Waals surface area contributed by atoms with Gasteiger partial charge in [0.2, 0.25) is 19.7 Å². The lowest BCUT2D eigenvalue weighted by atomic mass is 10.0. The Bertz CT molecular complexity index is 2350. The third-order valence-corrected chi connectivity index (χ3v) is 12.0. The van der Waals surface area contributed by atoms with E-state index in [9.17, 15) is 21.6 Å². The molecule has 0 radical (unpaired) electrons. The van der Waals surface area contributed by atoms with E-state index in [0.29, 0.717) is 34.8 Å². The van der Waals surface area contributed by atoms with Crippen molar-refractivity contribution in [3.05, 3.63) is 173 Å². The zero-order chi connectivity index (χ0) is 36.2. The Hall–Kier alpha value is -5.51. The van der Waals surface area contributed by atoms with E-state index in [1.807, 2.05) is 20.8 Å². The Kier molecular flexibility index (Phi) is 10.2. The molecule has 0 N–H and O–H groups in total. The van der Waals surface area contributed by atoms with Gasteiger partial charge in [0.05, 0.1) is 19.6 Å². The average molecular weight is 717 g/mol. The Morgan fingerprint density at radius 1 is 0.490 bits per heavy atom. The highest BCUT2D eigenvalue weighted by molar-refractivity contribution is 7.91. The Labute approximate surface area is 299 Å². The quantitative estimate of drug-likeness (QED) is 0.116. The molecule has 1 atom stereocenters. The van der Waals surface area contributed by atoms with Gasteiger partial charge in [0.15, 0.2) is 5.78 Å². The lowest BCUT2D eigenvalue weighted by Gasteiger charge is -2.18. The van der Waals surface area contributed by atoms with Crippen LogP contribution in [0.2, 0.25) is 0 Å². The summed E-state index contributed by atoms with van der Waals surface area (Å²) in [7, 11) is -7.27. The number of carbonyl (C=O) groups is 1. The molecule has 0 aliphatic heterocycles. The summed E-state index contributed by atoms with van der Waals surface area (Å²) in [5.41, 5.74) is 3.77. The lowest BCUT2D eigenvalue weighted by Crippen LogP contribution is -2.08. The lowest BCUT2D eigenvalue weighted by molar-refractivity contribution is 0.103. The highest BCUT2D eigenvalue weighted by Crippen LogP contribution is 2.30. The van der Waals surface area contributed by atoms with E-state index in [1.165, 1.54) is 12.1 Å². The van der Waals surface area contributed by atoms with Crippen LogP contribution in [0.3, 0.4) is 0 Å². The second-order valence-corrected chi connectivity index (χ2v) is 16.1. The van der Waals surface area contributed by atoms with Crippen molar-refractivity contribution in [3.8, 4) is 17.2 Å². The van der Waals surface area contributed by atoms with Crippen molar-refractivity contribution in [1.29, 1.82) is 0 Å². The first-order valence-electron chi connectivity index (χ1n) is 16.4. The summed E-state index contributed by atoms with van der Waals surface area (Å²) in [4.78, 5) is 14.1. The number of rotatable bonds is 12. The smallest absolute Gasteiger partial charge is 0.206 e. The Morgan fingerprint density at radius 2 is 0.824 bits per heavy atom. The largest absolute Gasteiger partial charge is 0.486 e. The first-order valence-corrected chi connectivity index (χ1v) is 19.3. The molecule has 9 heteroatoms. The first kappa shape index (κ1) is 35.3. The second kappa shape index (κ2) is 14.8. The van der Waals surface area contributed by atoms with Gasteiger partial charge in [-0.3, -0.25) is 4.79 Å². The van der Waals surface area contributed by atoms with Crippen LogP contribution in [0.15, 0.2) is 165 Å². The molecule has 0 spiro atoms. The van der Waals surface area contributed by atoms with Crippen LogP contribution in [-0.2, 0) is 19.7 Å². The zero-order valence-corrected chi connectivity index (χ0v) is 29.9. The number of ether oxygens (including phenoxy) is 2. The molecule has 0 saturated heterocycles. The molecule has 0 aromatic heterocycles. The van der Waals surface area contributed by atoms with Gasteiger partial charge in [-0.05, 0) is 135 Å². The number of carbonyl (C=O) groups excluding carboxylic acids is 1. The summed E-state index contributed by atoms with van der Waals surface area (Å²) < 4.78 is 64.2. The van der Waals surface area contributed by atoms with E-state index >= 15 is 0 Å². The fourth-order valence-electron chi connectivity index (χ4n) is 5.47. The molecule has 1 unspecified atom stereocenters. The van der Waals surface area contributed by atoms with E-state index in [1.54, 1.807) is 133 Å². The van der Waals surface area contributed by atoms with Crippen molar-refractivity contribution in [1.82, 2.24) is 0 Å². The van der Waals surface area contributed by atoms with E-state index in [4.69, 9.17) is 9.47 Å². The number of aryl methyl sites for hydroxylation is 2. The van der Waals surface area contributed by atoms with Crippen LogP contribution in [0.25, 0.3) is 0 Å². The molecule has 0 fully saturated rings. The molecule has 0 amide bonds. The Morgan fingerprint density at radius 3 is 1.22 bits per heavy atom. The van der Waals surface area contributed by atoms with Gasteiger partial charge in [0, 0.05) is 11.1 Å².